The van der Waals surface area contributed by atoms with E-state index < -0.39 is 0 Å². The molecule has 0 atom stereocenters. The van der Waals surface area contributed by atoms with Gasteiger partial charge in [-0.25, -0.2) is 0 Å². The van der Waals surface area contributed by atoms with Crippen LogP contribution >= 0.6 is 0 Å². The molecule has 3 heteroatoms. The molecule has 0 saturated carbocycles. The molecule has 0 aliphatic rings. The fourth-order valence-electron chi connectivity index (χ4n) is 2.68. The molecule has 0 spiro atoms. The lowest BCUT2D eigenvalue weighted by molar-refractivity contribution is 0.275. The Labute approximate surface area is 112 Å². The molecule has 0 fully saturated rings. The second-order valence-corrected chi connectivity index (χ2v) is 6.06. The van der Waals surface area contributed by atoms with Crippen LogP contribution in [0.25, 0.3) is 0 Å². The predicted molar refractivity (Wildman–Crippen MR) is 77.6 cm³/mol. The molecule has 1 aromatic rings. The van der Waals surface area contributed by atoms with Gasteiger partial charge >= 0.3 is 0 Å². The van der Waals surface area contributed by atoms with Crippen LogP contribution in [0.2, 0.25) is 0 Å². The van der Waals surface area contributed by atoms with Gasteiger partial charge in [-0.1, -0.05) is 27.7 Å². The minimum atomic E-state index is 0.730. The fraction of sp³-hybridized carbons (Fsp3) is 0.800. The maximum atomic E-state index is 4.46. The lowest BCUT2D eigenvalue weighted by Crippen LogP contribution is -2.29. The van der Waals surface area contributed by atoms with Crippen LogP contribution in [0.15, 0.2) is 0 Å². The number of nitrogens with zero attached hydrogens (tertiary/aromatic N) is 2. The van der Waals surface area contributed by atoms with Crippen LogP contribution in [0.1, 0.15) is 44.6 Å². The Morgan fingerprint density at radius 1 is 1.11 bits per heavy atom. The highest BCUT2D eigenvalue weighted by Crippen LogP contribution is 2.20. The number of aryl methyl sites for hydroxylation is 2. The maximum absolute atomic E-state index is 4.46. The Kier molecular flexibility index (Phi) is 5.39. The molecule has 0 unspecified atom stereocenters. The van der Waals surface area contributed by atoms with Crippen LogP contribution in [0.4, 0.5) is 0 Å². The summed E-state index contributed by atoms with van der Waals surface area (Å²) in [6, 6.07) is 0. The molecule has 0 aromatic carbocycles. The lowest BCUT2D eigenvalue weighted by atomic mass is 9.85. The molecule has 1 heterocycles. The van der Waals surface area contributed by atoms with Crippen molar-refractivity contribution in [2.75, 3.05) is 6.54 Å². The highest BCUT2D eigenvalue weighted by Gasteiger charge is 2.17. The van der Waals surface area contributed by atoms with E-state index >= 15 is 0 Å². The van der Waals surface area contributed by atoms with Crippen molar-refractivity contribution in [1.29, 1.82) is 0 Å². The normalized spacial score (nSPS) is 12.1. The smallest absolute Gasteiger partial charge is 0.0641 e. The summed E-state index contributed by atoms with van der Waals surface area (Å²) in [6.45, 7) is 15.5. The van der Waals surface area contributed by atoms with Crippen molar-refractivity contribution in [2.45, 2.75) is 48.1 Å². The van der Waals surface area contributed by atoms with E-state index in [2.05, 4.69) is 52.0 Å². The van der Waals surface area contributed by atoms with Crippen molar-refractivity contribution in [2.24, 2.45) is 24.8 Å². The van der Waals surface area contributed by atoms with Gasteiger partial charge in [-0.15, -0.1) is 0 Å². The summed E-state index contributed by atoms with van der Waals surface area (Å²) in [5.41, 5.74) is 3.77. The molecule has 0 radical (unpaired) electrons. The SMILES string of the molecule is Cc1nn(C)c(C)c1CNCC(C(C)C)C(C)C. The lowest BCUT2D eigenvalue weighted by Gasteiger charge is -2.25. The number of aromatic nitrogens is 2. The Morgan fingerprint density at radius 2 is 1.67 bits per heavy atom. The molecule has 0 saturated heterocycles. The van der Waals surface area contributed by atoms with Crippen LogP contribution in [0.3, 0.4) is 0 Å². The molecule has 3 nitrogen and oxygen atoms in total. The first kappa shape index (κ1) is 15.2. The fourth-order valence-corrected chi connectivity index (χ4v) is 2.68. The van der Waals surface area contributed by atoms with Crippen molar-refractivity contribution in [1.82, 2.24) is 15.1 Å². The third-order valence-corrected chi connectivity index (χ3v) is 4.05. The van der Waals surface area contributed by atoms with E-state index in [1.807, 2.05) is 11.7 Å². The largest absolute Gasteiger partial charge is 0.312 e. The number of nitrogens with one attached hydrogen (secondary N) is 1. The Hall–Kier alpha value is -0.830. The predicted octanol–water partition coefficient (Wildman–Crippen LogP) is 3.05. The molecular formula is C15H29N3. The zero-order valence-electron chi connectivity index (χ0n) is 13.0. The number of hydrogen-bond donors (Lipinski definition) is 1. The minimum absolute atomic E-state index is 0.730. The van der Waals surface area contributed by atoms with Gasteiger partial charge in [0.25, 0.3) is 0 Å². The summed E-state index contributed by atoms with van der Waals surface area (Å²) in [5.74, 6) is 2.20. The standard InChI is InChI=1S/C15H29N3/c1-10(2)14(11(3)4)8-16-9-15-12(5)17-18(7)13(15)6/h10-11,14,16H,8-9H2,1-7H3. The van der Waals surface area contributed by atoms with Crippen LogP contribution < -0.4 is 5.32 Å². The summed E-state index contributed by atoms with van der Waals surface area (Å²) in [7, 11) is 2.01. The summed E-state index contributed by atoms with van der Waals surface area (Å²) in [4.78, 5) is 0. The average molecular weight is 251 g/mol. The second kappa shape index (κ2) is 6.37. The third-order valence-electron chi connectivity index (χ3n) is 4.05. The molecular weight excluding hydrogens is 222 g/mol. The molecule has 18 heavy (non-hydrogen) atoms. The first-order chi connectivity index (χ1) is 8.34. The Balaban J connectivity index is 2.55. The van der Waals surface area contributed by atoms with Gasteiger partial charge in [0.05, 0.1) is 5.69 Å². The zero-order valence-corrected chi connectivity index (χ0v) is 13.0. The summed E-state index contributed by atoms with van der Waals surface area (Å²) >= 11 is 0. The molecule has 1 N–H and O–H groups in total. The van der Waals surface area contributed by atoms with Crippen molar-refractivity contribution >= 4 is 0 Å². The summed E-state index contributed by atoms with van der Waals surface area (Å²) in [5, 5.41) is 8.06. The van der Waals surface area contributed by atoms with Gasteiger partial charge in [0.15, 0.2) is 0 Å². The van der Waals surface area contributed by atoms with Gasteiger partial charge in [0, 0.05) is 24.8 Å². The topological polar surface area (TPSA) is 29.9 Å². The van der Waals surface area contributed by atoms with Gasteiger partial charge in [-0.2, -0.15) is 5.10 Å². The Morgan fingerprint density at radius 3 is 2.06 bits per heavy atom. The number of hydrogen-bond acceptors (Lipinski definition) is 2. The minimum Gasteiger partial charge on any atom is -0.312 e. The zero-order chi connectivity index (χ0) is 13.9. The van der Waals surface area contributed by atoms with Crippen molar-refractivity contribution in [3.8, 4) is 0 Å². The van der Waals surface area contributed by atoms with Crippen LogP contribution in [-0.4, -0.2) is 16.3 Å². The van der Waals surface area contributed by atoms with Crippen LogP contribution in [0, 0.1) is 31.6 Å². The first-order valence-electron chi connectivity index (χ1n) is 7.04. The van der Waals surface area contributed by atoms with Crippen LogP contribution in [-0.2, 0) is 13.6 Å². The second-order valence-electron chi connectivity index (χ2n) is 6.06. The van der Waals surface area contributed by atoms with E-state index in [-0.39, 0.29) is 0 Å². The third kappa shape index (κ3) is 3.58. The molecule has 0 amide bonds. The Bertz CT molecular complexity index is 369. The summed E-state index contributed by atoms with van der Waals surface area (Å²) < 4.78 is 1.97. The molecule has 0 aliphatic heterocycles. The molecule has 0 aliphatic carbocycles. The highest BCUT2D eigenvalue weighted by molar-refractivity contribution is 5.23. The maximum Gasteiger partial charge on any atom is 0.0641 e. The average Bonchev–Trinajstić information content (AvgIpc) is 2.48. The van der Waals surface area contributed by atoms with E-state index in [4.69, 9.17) is 0 Å². The highest BCUT2D eigenvalue weighted by atomic mass is 15.3. The quantitative estimate of drug-likeness (QED) is 0.842. The molecule has 1 rings (SSSR count). The monoisotopic (exact) mass is 251 g/mol. The number of rotatable bonds is 6. The van der Waals surface area contributed by atoms with Crippen molar-refractivity contribution in [3.63, 3.8) is 0 Å². The molecule has 1 aromatic heterocycles. The first-order valence-corrected chi connectivity index (χ1v) is 7.04. The van der Waals surface area contributed by atoms with E-state index in [1.165, 1.54) is 11.3 Å². The van der Waals surface area contributed by atoms with Gasteiger partial charge in [-0.3, -0.25) is 4.68 Å². The molecule has 104 valence electrons. The van der Waals surface area contributed by atoms with Crippen molar-refractivity contribution < 1.29 is 0 Å². The van der Waals surface area contributed by atoms with Gasteiger partial charge in [0.1, 0.15) is 0 Å². The van der Waals surface area contributed by atoms with Crippen molar-refractivity contribution in [3.05, 3.63) is 17.0 Å². The van der Waals surface area contributed by atoms with Gasteiger partial charge in [-0.05, 0) is 38.1 Å². The van der Waals surface area contributed by atoms with E-state index in [0.717, 1.165) is 36.5 Å². The molecule has 0 bridgehead atoms. The van der Waals surface area contributed by atoms with Gasteiger partial charge < -0.3 is 5.32 Å². The van der Waals surface area contributed by atoms with E-state index in [0.29, 0.717) is 0 Å². The summed E-state index contributed by atoms with van der Waals surface area (Å²) in [6.07, 6.45) is 0. The van der Waals surface area contributed by atoms with Gasteiger partial charge in [0.2, 0.25) is 0 Å². The van der Waals surface area contributed by atoms with E-state index in [9.17, 15) is 0 Å². The van der Waals surface area contributed by atoms with Crippen LogP contribution in [0.5, 0.6) is 0 Å². The van der Waals surface area contributed by atoms with E-state index in [1.54, 1.807) is 0 Å².